The van der Waals surface area contributed by atoms with Crippen molar-refractivity contribution in [3.8, 4) is 0 Å². The fourth-order valence-corrected chi connectivity index (χ4v) is 4.32. The van der Waals surface area contributed by atoms with Gasteiger partial charge in [-0.15, -0.1) is 9.42 Å². The van der Waals surface area contributed by atoms with Gasteiger partial charge in [0.15, 0.2) is 35.5 Å². The highest BCUT2D eigenvalue weighted by atomic mass is 31.1. The number of alkyl halides is 1. The van der Waals surface area contributed by atoms with E-state index in [9.17, 15) is 18.9 Å². The van der Waals surface area contributed by atoms with Crippen molar-refractivity contribution in [1.82, 2.24) is 24.4 Å². The molecular formula is C23H31FN6O6P+. The van der Waals surface area contributed by atoms with Gasteiger partial charge in [0.1, 0.15) is 12.4 Å². The molecule has 0 saturated carbocycles. The Morgan fingerprint density at radius 3 is 2.43 bits per heavy atom. The first-order chi connectivity index (χ1) is 17.8. The molecule has 1 aliphatic heterocycles. The van der Waals surface area contributed by atoms with Gasteiger partial charge < -0.3 is 20.1 Å². The molecule has 14 heteroatoms. The lowest BCUT2D eigenvalue weighted by Gasteiger charge is -2.15. The summed E-state index contributed by atoms with van der Waals surface area (Å²) >= 11 is 0. The van der Waals surface area contributed by atoms with Crippen molar-refractivity contribution >= 4 is 31.1 Å². The topological polar surface area (TPSA) is 152 Å². The van der Waals surface area contributed by atoms with Crippen molar-refractivity contribution in [3.05, 3.63) is 48.5 Å². The van der Waals surface area contributed by atoms with Crippen molar-refractivity contribution in [2.24, 2.45) is 0 Å². The zero-order valence-corrected chi connectivity index (χ0v) is 21.7. The lowest BCUT2D eigenvalue weighted by molar-refractivity contribution is -0.0436. The summed E-state index contributed by atoms with van der Waals surface area (Å²) in [5.74, 6) is -0.294. The van der Waals surface area contributed by atoms with Crippen LogP contribution < -0.4 is 5.32 Å². The Morgan fingerprint density at radius 1 is 1.19 bits per heavy atom. The van der Waals surface area contributed by atoms with E-state index in [4.69, 9.17) is 9.63 Å². The molecule has 5 unspecified atom stereocenters. The second kappa shape index (κ2) is 13.6. The summed E-state index contributed by atoms with van der Waals surface area (Å²) in [4.78, 5) is 36.0. The molecule has 0 aliphatic carbocycles. The molecule has 3 heterocycles. The molecule has 1 saturated heterocycles. The minimum absolute atomic E-state index is 0.117. The highest BCUT2D eigenvalue weighted by Crippen LogP contribution is 2.38. The Bertz CT molecular complexity index is 1180. The van der Waals surface area contributed by atoms with Crippen molar-refractivity contribution in [3.63, 3.8) is 0 Å². The predicted molar refractivity (Wildman–Crippen MR) is 134 cm³/mol. The van der Waals surface area contributed by atoms with E-state index < -0.39 is 45.4 Å². The van der Waals surface area contributed by atoms with Crippen LogP contribution in [0.25, 0.3) is 11.2 Å². The van der Waals surface area contributed by atoms with Crippen molar-refractivity contribution < 1.29 is 33.0 Å². The normalized spacial score (nSPS) is 21.5. The average molecular weight is 538 g/mol. The first kappa shape index (κ1) is 28.6. The number of halogens is 1. The summed E-state index contributed by atoms with van der Waals surface area (Å²) in [6.45, 7) is 9.50. The number of rotatable bonds is 9. The summed E-state index contributed by atoms with van der Waals surface area (Å²) in [5, 5.41) is 12.0. The number of fused-ring (bicyclic) bond motifs is 1. The van der Waals surface area contributed by atoms with Crippen LogP contribution >= 0.6 is 8.25 Å². The van der Waals surface area contributed by atoms with E-state index in [1.165, 1.54) is 36.9 Å². The Balaban J connectivity index is 0.000000479. The van der Waals surface area contributed by atoms with Crippen LogP contribution in [0.15, 0.2) is 43.0 Å². The Labute approximate surface area is 214 Å². The smallest absolute Gasteiger partial charge is 0.394 e. The molecular weight excluding hydrogens is 506 g/mol. The zero-order valence-electron chi connectivity index (χ0n) is 20.8. The summed E-state index contributed by atoms with van der Waals surface area (Å²) in [5.41, 5.74) is 0.762. The lowest BCUT2D eigenvalue weighted by Crippen LogP contribution is -2.32. The molecule has 1 aromatic carbocycles. The first-order valence-electron chi connectivity index (χ1n) is 11.8. The van der Waals surface area contributed by atoms with Gasteiger partial charge >= 0.3 is 8.25 Å². The van der Waals surface area contributed by atoms with Gasteiger partial charge in [0.05, 0.1) is 12.9 Å². The molecule has 3 aromatic rings. The number of nitrogens with zero attached hydrogens (tertiary/aromatic N) is 5. The Morgan fingerprint density at radius 2 is 1.86 bits per heavy atom. The van der Waals surface area contributed by atoms with Crippen LogP contribution in [-0.4, -0.2) is 84.9 Å². The van der Waals surface area contributed by atoms with Gasteiger partial charge in [-0.25, -0.2) is 19.3 Å². The second-order valence-corrected chi connectivity index (χ2v) is 8.67. The number of aliphatic hydroxyl groups is 1. The third kappa shape index (κ3) is 6.89. The molecule has 5 atom stereocenters. The molecule has 0 spiro atoms. The third-order valence-corrected chi connectivity index (χ3v) is 6.33. The number of aromatic nitrogens is 4. The predicted octanol–water partition coefficient (Wildman–Crippen LogP) is 2.69. The van der Waals surface area contributed by atoms with E-state index in [1.54, 1.807) is 30.3 Å². The number of amides is 1. The molecule has 12 nitrogen and oxygen atoms in total. The van der Waals surface area contributed by atoms with E-state index in [1.807, 2.05) is 0 Å². The number of hydrogen-bond donors (Lipinski definition) is 3. The van der Waals surface area contributed by atoms with E-state index >= 15 is 0 Å². The van der Waals surface area contributed by atoms with E-state index in [0.717, 1.165) is 0 Å². The van der Waals surface area contributed by atoms with E-state index in [-0.39, 0.29) is 17.0 Å². The largest absolute Gasteiger partial charge is 0.695 e. The van der Waals surface area contributed by atoms with Gasteiger partial charge in [-0.3, -0.25) is 9.36 Å². The Hall–Kier alpha value is -2.93. The quantitative estimate of drug-likeness (QED) is 0.348. The monoisotopic (exact) mass is 537 g/mol. The minimum Gasteiger partial charge on any atom is -0.394 e. The lowest BCUT2D eigenvalue weighted by atomic mass is 10.1. The van der Waals surface area contributed by atoms with Crippen molar-refractivity contribution in [1.29, 1.82) is 0 Å². The summed E-state index contributed by atoms with van der Waals surface area (Å²) < 4.78 is 37.3. The van der Waals surface area contributed by atoms with Crippen LogP contribution in [0.5, 0.6) is 0 Å². The number of nitrogens with one attached hydrogen (secondary N) is 1. The first-order valence-corrected chi connectivity index (χ1v) is 13.0. The number of hydrogen-bond acceptors (Lipinski definition) is 9. The number of carbonyl (C=O) groups excluding carboxylic acids is 1. The number of aliphatic hydroxyl groups excluding tert-OH is 1. The SMILES string of the molecule is CCN(CC)CC.O=C(Nc1ncnc2c1ncn2C1OC(CO)C(O[P+](=O)O)C1F)c1ccccc1. The fraction of sp³-hybridized carbons (Fsp3) is 0.478. The van der Waals surface area contributed by atoms with Crippen LogP contribution in [0, 0.1) is 0 Å². The molecule has 1 fully saturated rings. The maximum Gasteiger partial charge on any atom is 0.695 e. The minimum atomic E-state index is -3.10. The number of ether oxygens (including phenoxy) is 1. The fourth-order valence-electron chi connectivity index (χ4n) is 3.86. The third-order valence-electron chi connectivity index (χ3n) is 5.90. The molecule has 3 N–H and O–H groups in total. The van der Waals surface area contributed by atoms with Crippen molar-refractivity contribution in [2.75, 3.05) is 31.6 Å². The van der Waals surface area contributed by atoms with Crippen LogP contribution in [0.2, 0.25) is 0 Å². The Kier molecular flexibility index (Phi) is 10.5. The number of imidazole rings is 1. The van der Waals surface area contributed by atoms with E-state index in [0.29, 0.717) is 5.56 Å². The van der Waals surface area contributed by atoms with E-state index in [2.05, 4.69) is 50.5 Å². The number of benzene rings is 1. The summed E-state index contributed by atoms with van der Waals surface area (Å²) in [6.07, 6.45) is -3.41. The van der Waals surface area contributed by atoms with Gasteiger partial charge in [0.2, 0.25) is 0 Å². The molecule has 2 aromatic heterocycles. The van der Waals surface area contributed by atoms with Gasteiger partial charge in [-0.05, 0) is 31.8 Å². The molecule has 200 valence electrons. The molecule has 37 heavy (non-hydrogen) atoms. The maximum absolute atomic E-state index is 14.9. The standard InChI is InChI=1S/C17H15FN5O6P.C6H15N/c18-11-13(29-30(26)27)10(6-24)28-17(11)23-8-21-12-14(19-7-20-15(12)23)22-16(25)9-4-2-1-3-5-9;1-4-7(5-2)6-3/h1-5,7-8,10-11,13,17,24H,6H2,(H-,19,20,22,25,26,27);4-6H2,1-3H3/p+1. The number of carbonyl (C=O) groups is 1. The zero-order chi connectivity index (χ0) is 26.9. The van der Waals surface area contributed by atoms with Crippen molar-refractivity contribution in [2.45, 2.75) is 45.4 Å². The van der Waals surface area contributed by atoms with Gasteiger partial charge in [0.25, 0.3) is 5.91 Å². The van der Waals surface area contributed by atoms with Crippen LogP contribution in [-0.2, 0) is 13.8 Å². The molecule has 0 bridgehead atoms. The highest BCUT2D eigenvalue weighted by molar-refractivity contribution is 7.32. The summed E-state index contributed by atoms with van der Waals surface area (Å²) in [6, 6.07) is 8.48. The average Bonchev–Trinajstić information content (AvgIpc) is 3.47. The highest BCUT2D eigenvalue weighted by Gasteiger charge is 2.51. The molecule has 1 aliphatic rings. The number of anilines is 1. The van der Waals surface area contributed by atoms with Gasteiger partial charge in [-0.2, -0.15) is 0 Å². The van der Waals surface area contributed by atoms with Crippen LogP contribution in [0.1, 0.15) is 37.4 Å². The van der Waals surface area contributed by atoms with Gasteiger partial charge in [-0.1, -0.05) is 39.0 Å². The maximum atomic E-state index is 14.9. The molecule has 4 rings (SSSR count). The van der Waals surface area contributed by atoms with Crippen LogP contribution in [0.3, 0.4) is 0 Å². The second-order valence-electron chi connectivity index (χ2n) is 7.99. The molecule has 0 radical (unpaired) electrons. The molecule has 1 amide bonds. The van der Waals surface area contributed by atoms with Gasteiger partial charge in [0, 0.05) is 10.1 Å². The van der Waals surface area contributed by atoms with Crippen LogP contribution in [0.4, 0.5) is 10.2 Å². The summed E-state index contributed by atoms with van der Waals surface area (Å²) in [7, 11) is -3.10.